The summed E-state index contributed by atoms with van der Waals surface area (Å²) in [5.74, 6) is 1.23. The number of thioether (sulfide) groups is 1. The van der Waals surface area contributed by atoms with Crippen molar-refractivity contribution in [2.45, 2.75) is 51.3 Å². The summed E-state index contributed by atoms with van der Waals surface area (Å²) in [6.07, 6.45) is 3.89. The Labute approximate surface area is 105 Å². The van der Waals surface area contributed by atoms with Gasteiger partial charge in [-0.3, -0.25) is 0 Å². The third-order valence-corrected chi connectivity index (χ3v) is 5.00. The van der Waals surface area contributed by atoms with Crippen LogP contribution in [0.4, 0.5) is 0 Å². The predicted molar refractivity (Wildman–Crippen MR) is 73.2 cm³/mol. The highest BCUT2D eigenvalue weighted by molar-refractivity contribution is 7.99. The van der Waals surface area contributed by atoms with Crippen LogP contribution in [-0.2, 0) is 4.74 Å². The highest BCUT2D eigenvalue weighted by Gasteiger charge is 2.41. The fourth-order valence-corrected chi connectivity index (χ4v) is 4.11. The molecule has 0 bridgehead atoms. The molecule has 2 atom stereocenters. The summed E-state index contributed by atoms with van der Waals surface area (Å²) < 4.78 is 5.09. The average molecular weight is 245 g/mol. The molecule has 0 aromatic carbocycles. The minimum Gasteiger partial charge on any atom is -0.385 e. The lowest BCUT2D eigenvalue weighted by Gasteiger charge is -2.31. The first kappa shape index (κ1) is 14.3. The molecule has 1 fully saturated rings. The van der Waals surface area contributed by atoms with Gasteiger partial charge in [-0.15, -0.1) is 0 Å². The number of methoxy groups -OCH3 is 1. The highest BCUT2D eigenvalue weighted by atomic mass is 32.2. The molecule has 96 valence electrons. The van der Waals surface area contributed by atoms with E-state index in [9.17, 15) is 0 Å². The molecule has 0 radical (unpaired) electrons. The van der Waals surface area contributed by atoms with Gasteiger partial charge in [0, 0.05) is 25.0 Å². The van der Waals surface area contributed by atoms with E-state index in [1.54, 1.807) is 7.11 Å². The zero-order valence-corrected chi connectivity index (χ0v) is 12.0. The smallest absolute Gasteiger partial charge is 0.0470 e. The van der Waals surface area contributed by atoms with Gasteiger partial charge in [0.25, 0.3) is 0 Å². The van der Waals surface area contributed by atoms with E-state index in [1.807, 2.05) is 0 Å². The molecule has 0 saturated heterocycles. The van der Waals surface area contributed by atoms with E-state index >= 15 is 0 Å². The van der Waals surface area contributed by atoms with Crippen molar-refractivity contribution < 1.29 is 4.74 Å². The van der Waals surface area contributed by atoms with Crippen LogP contribution in [0.15, 0.2) is 0 Å². The van der Waals surface area contributed by atoms with Crippen molar-refractivity contribution in [2.24, 2.45) is 5.41 Å². The minimum atomic E-state index is 0.467. The molecule has 2 nitrogen and oxygen atoms in total. The van der Waals surface area contributed by atoms with E-state index < -0.39 is 0 Å². The largest absolute Gasteiger partial charge is 0.385 e. The summed E-state index contributed by atoms with van der Waals surface area (Å²) in [6, 6.07) is 0.685. The van der Waals surface area contributed by atoms with Gasteiger partial charge in [-0.1, -0.05) is 20.8 Å². The SMILES string of the molecule is CCNC1C(SCCCOC)CCC1(C)C. The Balaban J connectivity index is 2.34. The van der Waals surface area contributed by atoms with Gasteiger partial charge >= 0.3 is 0 Å². The molecule has 0 amide bonds. The summed E-state index contributed by atoms with van der Waals surface area (Å²) in [5.41, 5.74) is 0.467. The van der Waals surface area contributed by atoms with Gasteiger partial charge in [-0.05, 0) is 37.0 Å². The van der Waals surface area contributed by atoms with E-state index in [0.29, 0.717) is 11.5 Å². The molecule has 1 N–H and O–H groups in total. The van der Waals surface area contributed by atoms with Gasteiger partial charge in [0.1, 0.15) is 0 Å². The van der Waals surface area contributed by atoms with Crippen LogP contribution in [0.25, 0.3) is 0 Å². The van der Waals surface area contributed by atoms with Crippen molar-refractivity contribution in [1.29, 1.82) is 0 Å². The predicted octanol–water partition coefficient (Wildman–Crippen LogP) is 2.92. The Morgan fingerprint density at radius 2 is 2.19 bits per heavy atom. The Morgan fingerprint density at radius 1 is 1.44 bits per heavy atom. The van der Waals surface area contributed by atoms with Crippen molar-refractivity contribution in [2.75, 3.05) is 26.0 Å². The van der Waals surface area contributed by atoms with Crippen LogP contribution in [0.3, 0.4) is 0 Å². The van der Waals surface area contributed by atoms with Gasteiger partial charge in [-0.2, -0.15) is 11.8 Å². The molecule has 1 rings (SSSR count). The lowest BCUT2D eigenvalue weighted by molar-refractivity contribution is 0.200. The van der Waals surface area contributed by atoms with Crippen molar-refractivity contribution in [3.63, 3.8) is 0 Å². The molecule has 0 heterocycles. The lowest BCUT2D eigenvalue weighted by atomic mass is 9.87. The summed E-state index contributed by atoms with van der Waals surface area (Å²) in [7, 11) is 1.78. The van der Waals surface area contributed by atoms with Crippen molar-refractivity contribution in [3.05, 3.63) is 0 Å². The number of hydrogen-bond acceptors (Lipinski definition) is 3. The second kappa shape index (κ2) is 6.87. The Kier molecular flexibility index (Phi) is 6.16. The maximum absolute atomic E-state index is 5.09. The van der Waals surface area contributed by atoms with Gasteiger partial charge in [0.15, 0.2) is 0 Å². The van der Waals surface area contributed by atoms with Gasteiger partial charge in [0.2, 0.25) is 0 Å². The van der Waals surface area contributed by atoms with E-state index in [0.717, 1.165) is 18.4 Å². The molecule has 16 heavy (non-hydrogen) atoms. The fourth-order valence-electron chi connectivity index (χ4n) is 2.58. The van der Waals surface area contributed by atoms with Gasteiger partial charge in [-0.25, -0.2) is 0 Å². The summed E-state index contributed by atoms with van der Waals surface area (Å²) in [5, 5.41) is 4.47. The Morgan fingerprint density at radius 3 is 2.81 bits per heavy atom. The number of hydrogen-bond donors (Lipinski definition) is 1. The molecule has 0 aromatic heterocycles. The topological polar surface area (TPSA) is 21.3 Å². The van der Waals surface area contributed by atoms with Crippen LogP contribution in [0, 0.1) is 5.41 Å². The quantitative estimate of drug-likeness (QED) is 0.697. The summed E-state index contributed by atoms with van der Waals surface area (Å²) in [6.45, 7) is 8.99. The molecule has 1 saturated carbocycles. The number of ether oxygens (including phenoxy) is 1. The first-order valence-electron chi connectivity index (χ1n) is 6.45. The highest BCUT2D eigenvalue weighted by Crippen LogP contribution is 2.42. The van der Waals surface area contributed by atoms with Crippen LogP contribution >= 0.6 is 11.8 Å². The molecule has 1 aliphatic carbocycles. The van der Waals surface area contributed by atoms with Crippen LogP contribution in [0.5, 0.6) is 0 Å². The van der Waals surface area contributed by atoms with Crippen molar-refractivity contribution in [1.82, 2.24) is 5.32 Å². The molecule has 0 spiro atoms. The standard InChI is InChI=1S/C13H27NOS/c1-5-14-12-11(7-8-13(12,2)3)16-10-6-9-15-4/h11-12,14H,5-10H2,1-4H3. The van der Waals surface area contributed by atoms with Gasteiger partial charge < -0.3 is 10.1 Å². The third kappa shape index (κ3) is 3.94. The lowest BCUT2D eigenvalue weighted by Crippen LogP contribution is -2.43. The number of rotatable bonds is 7. The average Bonchev–Trinajstić information content (AvgIpc) is 2.52. The summed E-state index contributed by atoms with van der Waals surface area (Å²) >= 11 is 2.13. The molecule has 0 aromatic rings. The van der Waals surface area contributed by atoms with E-state index in [2.05, 4.69) is 37.8 Å². The summed E-state index contributed by atoms with van der Waals surface area (Å²) in [4.78, 5) is 0. The second-order valence-corrected chi connectivity index (χ2v) is 6.67. The second-order valence-electron chi connectivity index (χ2n) is 5.32. The molecule has 3 heteroatoms. The fraction of sp³-hybridized carbons (Fsp3) is 1.00. The van der Waals surface area contributed by atoms with E-state index in [1.165, 1.54) is 25.0 Å². The maximum Gasteiger partial charge on any atom is 0.0470 e. The zero-order valence-electron chi connectivity index (χ0n) is 11.2. The number of nitrogens with one attached hydrogen (secondary N) is 1. The third-order valence-electron chi connectivity index (χ3n) is 3.54. The Bertz CT molecular complexity index is 196. The van der Waals surface area contributed by atoms with E-state index in [-0.39, 0.29) is 0 Å². The molecular formula is C13H27NOS. The van der Waals surface area contributed by atoms with E-state index in [4.69, 9.17) is 4.74 Å². The minimum absolute atomic E-state index is 0.467. The van der Waals surface area contributed by atoms with Crippen molar-refractivity contribution >= 4 is 11.8 Å². The monoisotopic (exact) mass is 245 g/mol. The zero-order chi connectivity index (χ0) is 12.0. The van der Waals surface area contributed by atoms with Crippen LogP contribution < -0.4 is 5.32 Å². The molecule has 0 aliphatic heterocycles. The maximum atomic E-state index is 5.09. The normalized spacial score (nSPS) is 28.5. The van der Waals surface area contributed by atoms with Crippen LogP contribution in [0.2, 0.25) is 0 Å². The first-order chi connectivity index (χ1) is 7.61. The molecular weight excluding hydrogens is 218 g/mol. The van der Waals surface area contributed by atoms with Crippen molar-refractivity contribution in [3.8, 4) is 0 Å². The Hall–Kier alpha value is 0.270. The molecule has 2 unspecified atom stereocenters. The first-order valence-corrected chi connectivity index (χ1v) is 7.50. The van der Waals surface area contributed by atoms with Crippen LogP contribution in [-0.4, -0.2) is 37.3 Å². The van der Waals surface area contributed by atoms with Gasteiger partial charge in [0.05, 0.1) is 0 Å². The molecule has 1 aliphatic rings. The van der Waals surface area contributed by atoms with Crippen LogP contribution in [0.1, 0.15) is 40.0 Å².